The van der Waals surface area contributed by atoms with Crippen molar-refractivity contribution < 1.29 is 9.59 Å². The lowest BCUT2D eigenvalue weighted by Gasteiger charge is -2.21. The molecule has 0 saturated heterocycles. The van der Waals surface area contributed by atoms with Gasteiger partial charge in [-0.3, -0.25) is 9.59 Å². The van der Waals surface area contributed by atoms with Crippen LogP contribution in [0.25, 0.3) is 0 Å². The molecule has 0 radical (unpaired) electrons. The molecule has 0 rings (SSSR count). The lowest BCUT2D eigenvalue weighted by atomic mass is 10.2. The number of carbonyl (C=O) groups is 2. The smallest absolute Gasteiger partial charge is 0.239 e. The molecule has 0 atom stereocenters. The van der Waals surface area contributed by atoms with Gasteiger partial charge in [-0.1, -0.05) is 13.8 Å². The molecule has 17 heavy (non-hydrogen) atoms. The van der Waals surface area contributed by atoms with Gasteiger partial charge in [-0.25, -0.2) is 0 Å². The Hall–Kier alpha value is -1.10. The zero-order valence-electron chi connectivity index (χ0n) is 11.0. The molecule has 0 aromatic heterocycles. The van der Waals surface area contributed by atoms with Gasteiger partial charge in [-0.05, 0) is 25.8 Å². The Morgan fingerprint density at radius 1 is 1.24 bits per heavy atom. The number of carbonyl (C=O) groups excluding carboxylic acids is 2. The first kappa shape index (κ1) is 15.9. The van der Waals surface area contributed by atoms with Crippen molar-refractivity contribution in [2.75, 3.05) is 26.2 Å². The predicted molar refractivity (Wildman–Crippen MR) is 68.5 cm³/mol. The number of hydrogen-bond donors (Lipinski definition) is 2. The summed E-state index contributed by atoms with van der Waals surface area (Å²) in [5.41, 5.74) is 5.37. The Morgan fingerprint density at radius 2 is 1.94 bits per heavy atom. The van der Waals surface area contributed by atoms with E-state index in [4.69, 9.17) is 5.73 Å². The fraction of sp³-hybridized carbons (Fsp3) is 0.833. The number of rotatable bonds is 9. The third-order valence-electron chi connectivity index (χ3n) is 2.35. The summed E-state index contributed by atoms with van der Waals surface area (Å²) in [6, 6.07) is 0. The van der Waals surface area contributed by atoms with Crippen molar-refractivity contribution >= 4 is 11.8 Å². The summed E-state index contributed by atoms with van der Waals surface area (Å²) >= 11 is 0. The quantitative estimate of drug-likeness (QED) is 0.619. The van der Waals surface area contributed by atoms with Crippen molar-refractivity contribution in [3.63, 3.8) is 0 Å². The molecular weight excluding hydrogens is 218 g/mol. The Kier molecular flexibility index (Phi) is 9.43. The molecule has 0 spiro atoms. The molecule has 3 N–H and O–H groups in total. The van der Waals surface area contributed by atoms with E-state index < -0.39 is 0 Å². The second-order valence-corrected chi connectivity index (χ2v) is 4.06. The van der Waals surface area contributed by atoms with Crippen LogP contribution in [0.2, 0.25) is 0 Å². The lowest BCUT2D eigenvalue weighted by Crippen LogP contribution is -2.41. The zero-order valence-corrected chi connectivity index (χ0v) is 11.0. The van der Waals surface area contributed by atoms with Crippen LogP contribution in [0, 0.1) is 0 Å². The van der Waals surface area contributed by atoms with Crippen LogP contribution < -0.4 is 11.1 Å². The van der Waals surface area contributed by atoms with E-state index >= 15 is 0 Å². The minimum absolute atomic E-state index is 0.0175. The molecule has 100 valence electrons. The summed E-state index contributed by atoms with van der Waals surface area (Å²) in [6.07, 6.45) is 2.86. The highest BCUT2D eigenvalue weighted by molar-refractivity contribution is 5.84. The van der Waals surface area contributed by atoms with Gasteiger partial charge in [0.15, 0.2) is 0 Å². The highest BCUT2D eigenvalue weighted by Crippen LogP contribution is 1.99. The normalized spacial score (nSPS) is 10.1. The average Bonchev–Trinajstić information content (AvgIpc) is 2.32. The van der Waals surface area contributed by atoms with Crippen molar-refractivity contribution in [3.8, 4) is 0 Å². The topological polar surface area (TPSA) is 75.4 Å². The van der Waals surface area contributed by atoms with E-state index in [0.29, 0.717) is 32.5 Å². The monoisotopic (exact) mass is 243 g/mol. The second kappa shape index (κ2) is 10.1. The third-order valence-corrected chi connectivity index (χ3v) is 2.35. The van der Waals surface area contributed by atoms with Gasteiger partial charge in [-0.2, -0.15) is 0 Å². The first-order valence-corrected chi connectivity index (χ1v) is 6.40. The van der Waals surface area contributed by atoms with E-state index in [1.54, 1.807) is 4.90 Å². The van der Waals surface area contributed by atoms with E-state index in [2.05, 4.69) is 5.32 Å². The molecule has 0 aliphatic heterocycles. The number of nitrogens with zero attached hydrogens (tertiary/aromatic N) is 1. The van der Waals surface area contributed by atoms with Gasteiger partial charge in [0.25, 0.3) is 0 Å². The molecule has 0 bridgehead atoms. The lowest BCUT2D eigenvalue weighted by molar-refractivity contribution is -0.136. The van der Waals surface area contributed by atoms with Crippen LogP contribution in [0.1, 0.15) is 39.5 Å². The molecule has 0 aromatic rings. The summed E-state index contributed by atoms with van der Waals surface area (Å²) in [7, 11) is 0. The number of amides is 2. The van der Waals surface area contributed by atoms with Crippen LogP contribution in [-0.4, -0.2) is 42.9 Å². The molecule has 5 nitrogen and oxygen atoms in total. The SMILES string of the molecule is CCCNC(=O)CN(CCC)C(=O)CCCN. The largest absolute Gasteiger partial charge is 0.355 e. The van der Waals surface area contributed by atoms with Crippen LogP contribution in [0.5, 0.6) is 0 Å². The van der Waals surface area contributed by atoms with Crippen molar-refractivity contribution in [1.82, 2.24) is 10.2 Å². The first-order valence-electron chi connectivity index (χ1n) is 6.40. The van der Waals surface area contributed by atoms with E-state index in [9.17, 15) is 9.59 Å². The van der Waals surface area contributed by atoms with Gasteiger partial charge in [0.2, 0.25) is 11.8 Å². The highest BCUT2D eigenvalue weighted by atomic mass is 16.2. The maximum absolute atomic E-state index is 11.8. The summed E-state index contributed by atoms with van der Waals surface area (Å²) in [5, 5.41) is 2.77. The minimum Gasteiger partial charge on any atom is -0.355 e. The highest BCUT2D eigenvalue weighted by Gasteiger charge is 2.15. The van der Waals surface area contributed by atoms with E-state index in [-0.39, 0.29) is 18.4 Å². The van der Waals surface area contributed by atoms with Crippen molar-refractivity contribution in [1.29, 1.82) is 0 Å². The van der Waals surface area contributed by atoms with Crippen LogP contribution in [0.3, 0.4) is 0 Å². The fourth-order valence-corrected chi connectivity index (χ4v) is 1.47. The zero-order chi connectivity index (χ0) is 13.1. The Balaban J connectivity index is 4.12. The van der Waals surface area contributed by atoms with Gasteiger partial charge in [0, 0.05) is 19.5 Å². The molecule has 0 fully saturated rings. The van der Waals surface area contributed by atoms with Crippen molar-refractivity contribution in [2.24, 2.45) is 5.73 Å². The van der Waals surface area contributed by atoms with E-state index in [1.807, 2.05) is 13.8 Å². The number of nitrogens with one attached hydrogen (secondary N) is 1. The van der Waals surface area contributed by atoms with Crippen LogP contribution in [0.4, 0.5) is 0 Å². The van der Waals surface area contributed by atoms with E-state index in [1.165, 1.54) is 0 Å². The molecule has 0 saturated carbocycles. The predicted octanol–water partition coefficient (Wildman–Crippen LogP) is 0.490. The number of hydrogen-bond acceptors (Lipinski definition) is 3. The standard InChI is InChI=1S/C12H25N3O2/c1-3-8-14-11(16)10-15(9-4-2)12(17)6-5-7-13/h3-10,13H2,1-2H3,(H,14,16). The molecule has 2 amide bonds. The third kappa shape index (κ3) is 7.74. The summed E-state index contributed by atoms with van der Waals surface area (Å²) in [4.78, 5) is 24.9. The molecule has 0 unspecified atom stereocenters. The van der Waals surface area contributed by atoms with Crippen molar-refractivity contribution in [3.05, 3.63) is 0 Å². The Morgan fingerprint density at radius 3 is 2.47 bits per heavy atom. The van der Waals surface area contributed by atoms with Crippen molar-refractivity contribution in [2.45, 2.75) is 39.5 Å². The van der Waals surface area contributed by atoms with Gasteiger partial charge in [0.1, 0.15) is 0 Å². The number of nitrogens with two attached hydrogens (primary N) is 1. The van der Waals surface area contributed by atoms with Gasteiger partial charge < -0.3 is 16.0 Å². The van der Waals surface area contributed by atoms with Crippen LogP contribution in [0.15, 0.2) is 0 Å². The second-order valence-electron chi connectivity index (χ2n) is 4.06. The maximum atomic E-state index is 11.8. The molecule has 5 heteroatoms. The van der Waals surface area contributed by atoms with Crippen LogP contribution >= 0.6 is 0 Å². The minimum atomic E-state index is -0.0820. The van der Waals surface area contributed by atoms with Gasteiger partial charge in [0.05, 0.1) is 6.54 Å². The Labute approximate surface area is 104 Å². The molecule has 0 aromatic carbocycles. The van der Waals surface area contributed by atoms with Gasteiger partial charge >= 0.3 is 0 Å². The summed E-state index contributed by atoms with van der Waals surface area (Å²) in [5.74, 6) is -0.0645. The Bertz CT molecular complexity index is 232. The van der Waals surface area contributed by atoms with Crippen LogP contribution in [-0.2, 0) is 9.59 Å². The van der Waals surface area contributed by atoms with Gasteiger partial charge in [-0.15, -0.1) is 0 Å². The maximum Gasteiger partial charge on any atom is 0.239 e. The average molecular weight is 243 g/mol. The van der Waals surface area contributed by atoms with E-state index in [0.717, 1.165) is 12.8 Å². The molecule has 0 heterocycles. The molecular formula is C12H25N3O2. The molecule has 0 aliphatic carbocycles. The summed E-state index contributed by atoms with van der Waals surface area (Å²) in [6.45, 7) is 5.95. The summed E-state index contributed by atoms with van der Waals surface area (Å²) < 4.78 is 0. The first-order chi connectivity index (χ1) is 8.15. The molecule has 0 aliphatic rings. The fourth-order valence-electron chi connectivity index (χ4n) is 1.47.